The van der Waals surface area contributed by atoms with E-state index in [4.69, 9.17) is 5.11 Å². The third-order valence-electron chi connectivity index (χ3n) is 0.787. The van der Waals surface area contributed by atoms with E-state index in [1.165, 1.54) is 6.33 Å². The number of aromatic nitrogens is 2. The summed E-state index contributed by atoms with van der Waals surface area (Å²) in [6.45, 7) is 0. The molecule has 0 aliphatic rings. The van der Waals surface area contributed by atoms with Crippen LogP contribution in [0.1, 0.15) is 14.9 Å². The molecule has 1 rings (SSSR count). The number of nitrogens with zero attached hydrogens (tertiary/aromatic N) is 2. The van der Waals surface area contributed by atoms with Gasteiger partial charge in [0.15, 0.2) is 0 Å². The van der Waals surface area contributed by atoms with E-state index in [0.29, 0.717) is 0 Å². The van der Waals surface area contributed by atoms with Gasteiger partial charge in [-0.05, 0) is 7.05 Å². The van der Waals surface area contributed by atoms with Gasteiger partial charge in [-0.15, -0.1) is 6.07 Å². The van der Waals surface area contributed by atoms with Gasteiger partial charge in [0.05, 0.1) is 0 Å². The van der Waals surface area contributed by atoms with Crippen LogP contribution < -0.4 is 5.32 Å². The summed E-state index contributed by atoms with van der Waals surface area (Å²) in [7, 11) is 2.80. The zero-order valence-electron chi connectivity index (χ0n) is 7.44. The Morgan fingerprint density at radius 1 is 1.36 bits per heavy atom. The predicted molar refractivity (Wildman–Crippen MR) is 58.4 cm³/mol. The number of nitrogens with one attached hydrogen (secondary N) is 1. The minimum absolute atomic E-state index is 0. The molecule has 1 aromatic heterocycles. The van der Waals surface area contributed by atoms with E-state index in [9.17, 15) is 0 Å². The SMILES string of the molecule is C.C.CNc1c[c-]ncn1.CO.[CH3-].[V+2]. The Bertz CT molecular complexity index is 161. The maximum absolute atomic E-state index is 7.00. The first-order valence-corrected chi connectivity index (χ1v) is 2.74. The molecule has 0 aliphatic heterocycles. The maximum atomic E-state index is 7.00. The van der Waals surface area contributed by atoms with Gasteiger partial charge < -0.3 is 27.8 Å². The van der Waals surface area contributed by atoms with Crippen LogP contribution in [0.4, 0.5) is 5.82 Å². The van der Waals surface area contributed by atoms with Gasteiger partial charge >= 0.3 is 18.6 Å². The van der Waals surface area contributed by atoms with Crippen molar-refractivity contribution in [3.05, 3.63) is 26.0 Å². The van der Waals surface area contributed by atoms with Crippen molar-refractivity contribution >= 4 is 5.82 Å². The van der Waals surface area contributed by atoms with E-state index >= 15 is 0 Å². The summed E-state index contributed by atoms with van der Waals surface area (Å²) < 4.78 is 0. The van der Waals surface area contributed by atoms with Gasteiger partial charge in [-0.3, -0.25) is 0 Å². The van der Waals surface area contributed by atoms with Crippen LogP contribution in [-0.4, -0.2) is 29.2 Å². The van der Waals surface area contributed by atoms with E-state index in [2.05, 4.69) is 21.5 Å². The standard InChI is InChI=1S/C5H6N3.CH4O.2CH4.CH3.V/c1-6-5-2-3-7-4-8-5;1-2;;;;/h2,4H,1H3,(H,6,7,8);2H,1H3;2*1H4;1H3;/q-1;;;;-1;+2. The second-order valence-electron chi connectivity index (χ2n) is 1.28. The molecule has 0 saturated heterocycles. The molecule has 2 N–H and O–H groups in total. The summed E-state index contributed by atoms with van der Waals surface area (Å²) in [5, 5.41) is 9.84. The van der Waals surface area contributed by atoms with Crippen LogP contribution in [0.5, 0.6) is 0 Å². The molecule has 0 saturated carbocycles. The van der Waals surface area contributed by atoms with Crippen LogP contribution >= 0.6 is 0 Å². The van der Waals surface area contributed by atoms with E-state index in [-0.39, 0.29) is 40.8 Å². The van der Waals surface area contributed by atoms with Gasteiger partial charge in [0, 0.05) is 19.3 Å². The zero-order chi connectivity index (χ0) is 7.82. The zero-order valence-corrected chi connectivity index (χ0v) is 8.84. The van der Waals surface area contributed by atoms with E-state index in [0.717, 1.165) is 12.9 Å². The third-order valence-corrected chi connectivity index (χ3v) is 0.787. The molecular formula is C9H21N3OV. The summed E-state index contributed by atoms with van der Waals surface area (Å²) in [6.07, 6.45) is 4.09. The smallest absolute Gasteiger partial charge is 0.425 e. The first-order valence-electron chi connectivity index (χ1n) is 2.74. The predicted octanol–water partition coefficient (Wildman–Crippen LogP) is 1.65. The fraction of sp³-hybridized carbons (Fsp3) is 0.444. The van der Waals surface area contributed by atoms with Crippen LogP contribution in [0, 0.1) is 13.6 Å². The van der Waals surface area contributed by atoms with Gasteiger partial charge in [-0.2, -0.15) is 0 Å². The van der Waals surface area contributed by atoms with Crippen molar-refractivity contribution in [3.63, 3.8) is 0 Å². The monoisotopic (exact) mass is 238 g/mol. The Balaban J connectivity index is -0.0000000425. The molecule has 0 unspecified atom stereocenters. The summed E-state index contributed by atoms with van der Waals surface area (Å²) in [4.78, 5) is 7.46. The minimum atomic E-state index is 0. The molecule has 0 spiro atoms. The molecule has 1 aromatic rings. The van der Waals surface area contributed by atoms with Crippen LogP contribution in [0.3, 0.4) is 0 Å². The summed E-state index contributed by atoms with van der Waals surface area (Å²) >= 11 is 0. The first kappa shape index (κ1) is 29.2. The number of hydrogen-bond acceptors (Lipinski definition) is 4. The number of hydrogen-bond donors (Lipinski definition) is 2. The van der Waals surface area contributed by atoms with Gasteiger partial charge in [0.25, 0.3) is 0 Å². The minimum Gasteiger partial charge on any atom is -0.425 e. The van der Waals surface area contributed by atoms with Gasteiger partial charge in [0.1, 0.15) is 0 Å². The third kappa shape index (κ3) is 14.0. The molecule has 14 heavy (non-hydrogen) atoms. The van der Waals surface area contributed by atoms with Crippen molar-refractivity contribution in [2.75, 3.05) is 19.5 Å². The summed E-state index contributed by atoms with van der Waals surface area (Å²) in [5.41, 5.74) is 0. The average molecular weight is 238 g/mol. The maximum Gasteiger partial charge on any atom is 2.00 e. The second-order valence-corrected chi connectivity index (χ2v) is 1.28. The molecule has 1 heterocycles. The molecule has 0 bridgehead atoms. The van der Waals surface area contributed by atoms with Crippen molar-refractivity contribution in [1.82, 2.24) is 9.97 Å². The molecule has 0 amide bonds. The Morgan fingerprint density at radius 2 is 1.86 bits per heavy atom. The van der Waals surface area contributed by atoms with Gasteiger partial charge in [-0.1, -0.05) is 21.1 Å². The van der Waals surface area contributed by atoms with Crippen LogP contribution in [0.25, 0.3) is 0 Å². The van der Waals surface area contributed by atoms with Crippen molar-refractivity contribution in [3.8, 4) is 0 Å². The molecule has 1 radical (unpaired) electrons. The van der Waals surface area contributed by atoms with Crippen LogP contribution in [0.2, 0.25) is 0 Å². The number of anilines is 1. The Kier molecular flexibility index (Phi) is 47.7. The fourth-order valence-corrected chi connectivity index (χ4v) is 0.397. The summed E-state index contributed by atoms with van der Waals surface area (Å²) in [5.74, 6) is 0.792. The van der Waals surface area contributed by atoms with Crippen LogP contribution in [-0.2, 0) is 18.6 Å². The first-order chi connectivity index (χ1) is 4.93. The fourth-order valence-electron chi connectivity index (χ4n) is 0.397. The number of aliphatic hydroxyl groups is 1. The molecule has 5 heteroatoms. The van der Waals surface area contributed by atoms with Gasteiger partial charge in [-0.25, -0.2) is 0 Å². The van der Waals surface area contributed by atoms with E-state index in [1.807, 2.05) is 0 Å². The molecule has 0 fully saturated rings. The number of rotatable bonds is 1. The quantitative estimate of drug-likeness (QED) is 0.730. The molecule has 0 aliphatic carbocycles. The topological polar surface area (TPSA) is 58.0 Å². The Morgan fingerprint density at radius 3 is 2.07 bits per heavy atom. The van der Waals surface area contributed by atoms with Gasteiger partial charge in [0.2, 0.25) is 0 Å². The van der Waals surface area contributed by atoms with Crippen molar-refractivity contribution < 1.29 is 23.7 Å². The van der Waals surface area contributed by atoms with Crippen molar-refractivity contribution in [2.45, 2.75) is 14.9 Å². The molecule has 4 nitrogen and oxygen atoms in total. The average Bonchev–Trinajstić information content (AvgIpc) is 2.10. The largest absolute Gasteiger partial charge is 2.00 e. The molecular weight excluding hydrogens is 217 g/mol. The number of aliphatic hydroxyl groups excluding tert-OH is 1. The molecule has 0 atom stereocenters. The van der Waals surface area contributed by atoms with E-state index < -0.39 is 0 Å². The molecule has 0 aromatic carbocycles. The normalized spacial score (nSPS) is 5.36. The van der Waals surface area contributed by atoms with Crippen molar-refractivity contribution in [1.29, 1.82) is 0 Å². The Labute approximate surface area is 100 Å². The second kappa shape index (κ2) is 22.8. The van der Waals surface area contributed by atoms with E-state index in [1.54, 1.807) is 13.1 Å². The summed E-state index contributed by atoms with van der Waals surface area (Å²) in [6, 6.07) is 1.68. The molecule has 83 valence electrons. The Hall–Kier alpha value is -0.576. The van der Waals surface area contributed by atoms with Crippen molar-refractivity contribution in [2.24, 2.45) is 0 Å². The van der Waals surface area contributed by atoms with Crippen LogP contribution in [0.15, 0.2) is 12.4 Å².